The minimum Gasteiger partial charge on any atom is -0.348 e. The van der Waals surface area contributed by atoms with Gasteiger partial charge in [-0.1, -0.05) is 61.3 Å². The second kappa shape index (κ2) is 6.77. The number of amidine groups is 1. The zero-order valence-corrected chi connectivity index (χ0v) is 13.5. The van der Waals surface area contributed by atoms with Crippen molar-refractivity contribution in [2.75, 3.05) is 0 Å². The predicted molar refractivity (Wildman–Crippen MR) is 90.1 cm³/mol. The first kappa shape index (κ1) is 15.6. The van der Waals surface area contributed by atoms with E-state index in [2.05, 4.69) is 24.0 Å². The van der Waals surface area contributed by atoms with E-state index in [0.29, 0.717) is 5.84 Å². The van der Waals surface area contributed by atoms with Crippen molar-refractivity contribution in [3.8, 4) is 0 Å². The summed E-state index contributed by atoms with van der Waals surface area (Å²) in [5.41, 5.74) is 4.68. The first-order chi connectivity index (χ1) is 10.1. The van der Waals surface area contributed by atoms with Gasteiger partial charge in [-0.15, -0.1) is 0 Å². The van der Waals surface area contributed by atoms with Crippen molar-refractivity contribution in [3.63, 3.8) is 0 Å². The fourth-order valence-electron chi connectivity index (χ4n) is 2.53. The highest BCUT2D eigenvalue weighted by atomic mass is 35.5. The quantitative estimate of drug-likeness (QED) is 0.828. The lowest BCUT2D eigenvalue weighted by atomic mass is 10.1. The molecule has 1 N–H and O–H groups in total. The third kappa shape index (κ3) is 3.45. The van der Waals surface area contributed by atoms with E-state index in [1.807, 2.05) is 44.2 Å². The Morgan fingerprint density at radius 3 is 2.62 bits per heavy atom. The summed E-state index contributed by atoms with van der Waals surface area (Å²) in [4.78, 5) is 2.08. The molecule has 0 bridgehead atoms. The van der Waals surface area contributed by atoms with Crippen molar-refractivity contribution in [1.29, 1.82) is 5.41 Å². The molecule has 0 saturated carbocycles. The SMILES string of the molecule is CC.Cc1ccc2c(c1)CN(Cc1cccc(Cl)c1)C2=N. The van der Waals surface area contributed by atoms with Gasteiger partial charge >= 0.3 is 0 Å². The van der Waals surface area contributed by atoms with Crippen LogP contribution in [0.15, 0.2) is 42.5 Å². The normalized spacial score (nSPS) is 12.8. The van der Waals surface area contributed by atoms with Crippen molar-refractivity contribution in [1.82, 2.24) is 4.90 Å². The Bertz CT molecular complexity index is 649. The Labute approximate surface area is 131 Å². The molecule has 0 spiro atoms. The maximum atomic E-state index is 8.25. The Hall–Kier alpha value is -1.80. The van der Waals surface area contributed by atoms with Gasteiger partial charge in [-0.3, -0.25) is 5.41 Å². The predicted octanol–water partition coefficient (Wildman–Crippen LogP) is 5.02. The lowest BCUT2D eigenvalue weighted by Gasteiger charge is -2.18. The molecule has 110 valence electrons. The third-order valence-electron chi connectivity index (χ3n) is 3.46. The number of rotatable bonds is 2. The van der Waals surface area contributed by atoms with Gasteiger partial charge in [0.05, 0.1) is 0 Å². The molecule has 0 aromatic heterocycles. The fraction of sp³-hybridized carbons (Fsp3) is 0.278. The first-order valence-corrected chi connectivity index (χ1v) is 7.69. The molecule has 1 aliphatic heterocycles. The van der Waals surface area contributed by atoms with Gasteiger partial charge in [0, 0.05) is 23.7 Å². The van der Waals surface area contributed by atoms with Crippen molar-refractivity contribution in [2.24, 2.45) is 0 Å². The van der Waals surface area contributed by atoms with Crippen molar-refractivity contribution < 1.29 is 0 Å². The van der Waals surface area contributed by atoms with Crippen LogP contribution in [0, 0.1) is 12.3 Å². The third-order valence-corrected chi connectivity index (χ3v) is 3.69. The summed E-state index contributed by atoms with van der Waals surface area (Å²) >= 11 is 6.00. The van der Waals surface area contributed by atoms with E-state index in [9.17, 15) is 0 Å². The molecule has 2 aromatic carbocycles. The average molecular weight is 301 g/mol. The van der Waals surface area contributed by atoms with Crippen LogP contribution in [-0.2, 0) is 13.1 Å². The number of nitrogens with zero attached hydrogens (tertiary/aromatic N) is 1. The largest absolute Gasteiger partial charge is 0.348 e. The van der Waals surface area contributed by atoms with Gasteiger partial charge in [-0.2, -0.15) is 0 Å². The van der Waals surface area contributed by atoms with Crippen molar-refractivity contribution in [3.05, 3.63) is 69.7 Å². The van der Waals surface area contributed by atoms with Crippen LogP contribution in [-0.4, -0.2) is 10.7 Å². The maximum absolute atomic E-state index is 8.25. The zero-order valence-electron chi connectivity index (χ0n) is 12.8. The van der Waals surface area contributed by atoms with Crippen LogP contribution in [0.4, 0.5) is 0 Å². The number of halogens is 1. The van der Waals surface area contributed by atoms with E-state index in [4.69, 9.17) is 17.0 Å². The second-order valence-electron chi connectivity index (χ2n) is 5.00. The summed E-state index contributed by atoms with van der Waals surface area (Å²) < 4.78 is 0. The summed E-state index contributed by atoms with van der Waals surface area (Å²) in [5, 5.41) is 9.00. The highest BCUT2D eigenvalue weighted by molar-refractivity contribution is 6.30. The van der Waals surface area contributed by atoms with Crippen molar-refractivity contribution in [2.45, 2.75) is 33.9 Å². The van der Waals surface area contributed by atoms with Crippen LogP contribution < -0.4 is 0 Å². The van der Waals surface area contributed by atoms with Gasteiger partial charge in [-0.25, -0.2) is 0 Å². The number of nitrogens with one attached hydrogen (secondary N) is 1. The summed E-state index contributed by atoms with van der Waals surface area (Å²) in [6.07, 6.45) is 0. The van der Waals surface area contributed by atoms with Gasteiger partial charge in [0.25, 0.3) is 0 Å². The van der Waals surface area contributed by atoms with Crippen LogP contribution in [0.25, 0.3) is 0 Å². The number of hydrogen-bond donors (Lipinski definition) is 1. The van der Waals surface area contributed by atoms with Crippen LogP contribution in [0.2, 0.25) is 5.02 Å². The first-order valence-electron chi connectivity index (χ1n) is 7.31. The number of hydrogen-bond acceptors (Lipinski definition) is 1. The topological polar surface area (TPSA) is 27.1 Å². The highest BCUT2D eigenvalue weighted by Crippen LogP contribution is 2.25. The van der Waals surface area contributed by atoms with E-state index < -0.39 is 0 Å². The molecule has 0 unspecified atom stereocenters. The fourth-order valence-corrected chi connectivity index (χ4v) is 2.74. The molecule has 0 aliphatic carbocycles. The molecule has 0 radical (unpaired) electrons. The molecule has 2 nitrogen and oxygen atoms in total. The lowest BCUT2D eigenvalue weighted by molar-refractivity contribution is 0.422. The number of benzene rings is 2. The number of fused-ring (bicyclic) bond motifs is 1. The van der Waals surface area contributed by atoms with Gasteiger partial charge in [-0.05, 0) is 30.2 Å². The molecule has 3 heteroatoms. The summed E-state index contributed by atoms with van der Waals surface area (Å²) in [5.74, 6) is 0.606. The Kier molecular flexibility index (Phi) is 5.03. The molecule has 3 rings (SSSR count). The van der Waals surface area contributed by atoms with Gasteiger partial charge < -0.3 is 4.90 Å². The Balaban J connectivity index is 0.000000774. The minimum absolute atomic E-state index is 0.606. The molecular formula is C18H21ClN2. The molecule has 21 heavy (non-hydrogen) atoms. The van der Waals surface area contributed by atoms with Crippen LogP contribution in [0.3, 0.4) is 0 Å². The monoisotopic (exact) mass is 300 g/mol. The van der Waals surface area contributed by atoms with E-state index >= 15 is 0 Å². The average Bonchev–Trinajstić information content (AvgIpc) is 2.77. The standard InChI is InChI=1S/C16H15ClN2.C2H6/c1-11-5-6-15-13(7-11)10-19(16(15)18)9-12-3-2-4-14(17)8-12;1-2/h2-8,18H,9-10H2,1H3;1-2H3. The van der Waals surface area contributed by atoms with E-state index in [-0.39, 0.29) is 0 Å². The molecular weight excluding hydrogens is 280 g/mol. The van der Waals surface area contributed by atoms with Crippen LogP contribution >= 0.6 is 11.6 Å². The molecule has 1 heterocycles. The second-order valence-corrected chi connectivity index (χ2v) is 5.43. The van der Waals surface area contributed by atoms with Crippen molar-refractivity contribution >= 4 is 17.4 Å². The van der Waals surface area contributed by atoms with Crippen LogP contribution in [0.1, 0.15) is 36.1 Å². The Morgan fingerprint density at radius 1 is 1.14 bits per heavy atom. The molecule has 2 aromatic rings. The molecule has 0 atom stereocenters. The molecule has 1 aliphatic rings. The van der Waals surface area contributed by atoms with E-state index in [1.54, 1.807) is 0 Å². The highest BCUT2D eigenvalue weighted by Gasteiger charge is 2.23. The smallest absolute Gasteiger partial charge is 0.129 e. The van der Waals surface area contributed by atoms with Gasteiger partial charge in [0.2, 0.25) is 0 Å². The molecule has 0 amide bonds. The Morgan fingerprint density at radius 2 is 1.90 bits per heavy atom. The van der Waals surface area contributed by atoms with Gasteiger partial charge in [0.1, 0.15) is 5.84 Å². The molecule has 0 saturated heterocycles. The minimum atomic E-state index is 0.606. The zero-order chi connectivity index (χ0) is 15.4. The lowest BCUT2D eigenvalue weighted by Crippen LogP contribution is -2.23. The summed E-state index contributed by atoms with van der Waals surface area (Å²) in [6, 6.07) is 14.1. The van der Waals surface area contributed by atoms with E-state index in [1.165, 1.54) is 11.1 Å². The summed E-state index contributed by atoms with van der Waals surface area (Å²) in [6.45, 7) is 7.62. The maximum Gasteiger partial charge on any atom is 0.129 e. The number of aryl methyl sites for hydroxylation is 1. The van der Waals surface area contributed by atoms with Crippen LogP contribution in [0.5, 0.6) is 0 Å². The van der Waals surface area contributed by atoms with Gasteiger partial charge in [0.15, 0.2) is 0 Å². The summed E-state index contributed by atoms with van der Waals surface area (Å²) in [7, 11) is 0. The van der Waals surface area contributed by atoms with E-state index in [0.717, 1.165) is 29.2 Å². The molecule has 0 fully saturated rings.